The number of benzene rings is 1. The van der Waals surface area contributed by atoms with Crippen molar-refractivity contribution in [1.29, 1.82) is 0 Å². The number of likely N-dealkylation sites (tertiary alicyclic amines) is 1. The molecule has 0 saturated carbocycles. The van der Waals surface area contributed by atoms with Crippen molar-refractivity contribution in [2.45, 2.75) is 24.8 Å². The molecule has 1 aromatic rings. The van der Waals surface area contributed by atoms with E-state index in [2.05, 4.69) is 28.7 Å². The lowest BCUT2D eigenvalue weighted by Crippen LogP contribution is -2.61. The van der Waals surface area contributed by atoms with Gasteiger partial charge < -0.3 is 10.2 Å². The Morgan fingerprint density at radius 3 is 2.74 bits per heavy atom. The first-order valence-corrected chi connectivity index (χ1v) is 9.69. The van der Waals surface area contributed by atoms with Crippen LogP contribution < -0.4 is 5.32 Å². The Morgan fingerprint density at radius 1 is 1.22 bits per heavy atom. The van der Waals surface area contributed by atoms with Gasteiger partial charge in [0.15, 0.2) is 0 Å². The zero-order valence-electron chi connectivity index (χ0n) is 16.2. The molecule has 27 heavy (non-hydrogen) atoms. The van der Waals surface area contributed by atoms with Crippen molar-refractivity contribution in [3.05, 3.63) is 43.0 Å². The van der Waals surface area contributed by atoms with Crippen molar-refractivity contribution >= 4 is 17.5 Å². The van der Waals surface area contributed by atoms with Crippen molar-refractivity contribution in [3.63, 3.8) is 0 Å². The molecule has 1 aromatic carbocycles. The number of hydrogen-bond acceptors (Lipinski definition) is 4. The largest absolute Gasteiger partial charge is 0.339 e. The van der Waals surface area contributed by atoms with Gasteiger partial charge in [-0.25, -0.2) is 0 Å². The van der Waals surface area contributed by atoms with Gasteiger partial charge in [0, 0.05) is 50.4 Å². The van der Waals surface area contributed by atoms with Crippen LogP contribution in [-0.2, 0) is 9.59 Å². The first-order chi connectivity index (χ1) is 13.0. The molecular weight excluding hydrogens is 340 g/mol. The highest BCUT2D eigenvalue weighted by Crippen LogP contribution is 2.32. The van der Waals surface area contributed by atoms with E-state index in [1.807, 2.05) is 35.2 Å². The number of piperazine rings is 1. The van der Waals surface area contributed by atoms with Gasteiger partial charge in [-0.1, -0.05) is 24.3 Å². The molecule has 2 aliphatic heterocycles. The maximum atomic E-state index is 12.5. The second-order valence-corrected chi connectivity index (χ2v) is 7.65. The summed E-state index contributed by atoms with van der Waals surface area (Å²) in [5, 5.41) is 2.97. The molecule has 2 heterocycles. The molecule has 0 bridgehead atoms. The number of para-hydroxylation sites is 1. The molecule has 0 aliphatic carbocycles. The second kappa shape index (κ2) is 8.67. The van der Waals surface area contributed by atoms with Crippen LogP contribution in [0.5, 0.6) is 0 Å². The molecule has 2 aliphatic rings. The molecule has 0 unspecified atom stereocenters. The second-order valence-electron chi connectivity index (χ2n) is 7.65. The smallest absolute Gasteiger partial charge is 0.238 e. The molecule has 2 fully saturated rings. The lowest BCUT2D eigenvalue weighted by molar-refractivity contribution is -0.130. The number of rotatable bonds is 5. The third-order valence-corrected chi connectivity index (χ3v) is 5.86. The molecule has 1 atom stereocenters. The van der Waals surface area contributed by atoms with E-state index < -0.39 is 0 Å². The first-order valence-electron chi connectivity index (χ1n) is 9.69. The SMILES string of the molecule is C=CCN1CC[C@]2(CCC1=O)CN(CC(=O)Nc1ccccc1)CCN2C. The fraction of sp³-hybridized carbons (Fsp3) is 0.524. The predicted molar refractivity (Wildman–Crippen MR) is 108 cm³/mol. The number of carbonyl (C=O) groups is 2. The molecule has 0 aromatic heterocycles. The van der Waals surface area contributed by atoms with Crippen molar-refractivity contribution in [1.82, 2.24) is 14.7 Å². The van der Waals surface area contributed by atoms with Crippen LogP contribution >= 0.6 is 0 Å². The number of carbonyl (C=O) groups excluding carboxylic acids is 2. The fourth-order valence-electron chi connectivity index (χ4n) is 4.18. The van der Waals surface area contributed by atoms with Crippen LogP contribution in [0.25, 0.3) is 0 Å². The molecule has 6 nitrogen and oxygen atoms in total. The van der Waals surface area contributed by atoms with Gasteiger partial charge in [0.05, 0.1) is 6.54 Å². The van der Waals surface area contributed by atoms with Crippen LogP contribution in [-0.4, -0.2) is 78.4 Å². The average molecular weight is 370 g/mol. The van der Waals surface area contributed by atoms with Crippen LogP contribution in [0.1, 0.15) is 19.3 Å². The Balaban J connectivity index is 1.62. The van der Waals surface area contributed by atoms with E-state index in [9.17, 15) is 9.59 Å². The van der Waals surface area contributed by atoms with Gasteiger partial charge in [-0.3, -0.25) is 19.4 Å². The van der Waals surface area contributed by atoms with E-state index in [4.69, 9.17) is 0 Å². The van der Waals surface area contributed by atoms with E-state index in [-0.39, 0.29) is 17.4 Å². The molecule has 3 rings (SSSR count). The number of nitrogens with zero attached hydrogens (tertiary/aromatic N) is 3. The van der Waals surface area contributed by atoms with E-state index >= 15 is 0 Å². The van der Waals surface area contributed by atoms with Crippen molar-refractivity contribution < 1.29 is 9.59 Å². The van der Waals surface area contributed by atoms with Gasteiger partial charge in [0.2, 0.25) is 11.8 Å². The van der Waals surface area contributed by atoms with Gasteiger partial charge in [-0.15, -0.1) is 6.58 Å². The maximum Gasteiger partial charge on any atom is 0.238 e. The summed E-state index contributed by atoms with van der Waals surface area (Å²) >= 11 is 0. The summed E-state index contributed by atoms with van der Waals surface area (Å²) < 4.78 is 0. The summed E-state index contributed by atoms with van der Waals surface area (Å²) in [6.45, 7) is 8.10. The van der Waals surface area contributed by atoms with E-state index in [0.29, 0.717) is 19.5 Å². The van der Waals surface area contributed by atoms with E-state index in [1.54, 1.807) is 6.08 Å². The van der Waals surface area contributed by atoms with Gasteiger partial charge >= 0.3 is 0 Å². The normalized spacial score (nSPS) is 24.6. The number of likely N-dealkylation sites (N-methyl/N-ethyl adjacent to an activating group) is 1. The molecule has 6 heteroatoms. The Hall–Kier alpha value is -2.18. The van der Waals surface area contributed by atoms with E-state index in [1.165, 1.54) is 0 Å². The minimum Gasteiger partial charge on any atom is -0.339 e. The van der Waals surface area contributed by atoms with Gasteiger partial charge in [0.25, 0.3) is 0 Å². The Morgan fingerprint density at radius 2 is 2.00 bits per heavy atom. The lowest BCUT2D eigenvalue weighted by atomic mass is 9.86. The fourth-order valence-corrected chi connectivity index (χ4v) is 4.18. The van der Waals surface area contributed by atoms with Crippen LogP contribution in [0.2, 0.25) is 0 Å². The zero-order valence-corrected chi connectivity index (χ0v) is 16.2. The lowest BCUT2D eigenvalue weighted by Gasteiger charge is -2.49. The molecule has 2 amide bonds. The number of anilines is 1. The number of hydrogen-bond donors (Lipinski definition) is 1. The highest BCUT2D eigenvalue weighted by molar-refractivity contribution is 5.92. The van der Waals surface area contributed by atoms with Gasteiger partial charge in [-0.2, -0.15) is 0 Å². The summed E-state index contributed by atoms with van der Waals surface area (Å²) in [5.74, 6) is 0.220. The monoisotopic (exact) mass is 370 g/mol. The number of nitrogens with one attached hydrogen (secondary N) is 1. The van der Waals surface area contributed by atoms with Gasteiger partial charge in [0.1, 0.15) is 0 Å². The molecular formula is C21H30N4O2. The van der Waals surface area contributed by atoms with Crippen LogP contribution in [0.3, 0.4) is 0 Å². The summed E-state index contributed by atoms with van der Waals surface area (Å²) in [5.41, 5.74) is 0.781. The molecule has 1 spiro atoms. The summed E-state index contributed by atoms with van der Waals surface area (Å²) in [6, 6.07) is 9.56. The first kappa shape index (κ1) is 19.6. The van der Waals surface area contributed by atoms with Crippen LogP contribution in [0, 0.1) is 0 Å². The highest BCUT2D eigenvalue weighted by Gasteiger charge is 2.42. The van der Waals surface area contributed by atoms with Crippen molar-refractivity contribution in [2.24, 2.45) is 0 Å². The average Bonchev–Trinajstić information content (AvgIpc) is 2.81. The Kier molecular flexibility index (Phi) is 6.29. The quantitative estimate of drug-likeness (QED) is 0.803. The standard InChI is InChI=1S/C21H30N4O2/c1-3-12-25-13-11-21(10-9-20(25)27)17-24(15-14-23(21)2)16-19(26)22-18-7-5-4-6-8-18/h3-8H,1,9-17H2,2H3,(H,22,26)/t21-/m1/s1. The molecule has 2 saturated heterocycles. The molecule has 146 valence electrons. The highest BCUT2D eigenvalue weighted by atomic mass is 16.2. The minimum absolute atomic E-state index is 0.0129. The van der Waals surface area contributed by atoms with E-state index in [0.717, 1.165) is 44.7 Å². The Bertz CT molecular complexity index is 678. The number of amides is 2. The topological polar surface area (TPSA) is 55.9 Å². The van der Waals surface area contributed by atoms with Crippen molar-refractivity contribution in [2.75, 3.05) is 51.6 Å². The third kappa shape index (κ3) is 4.76. The van der Waals surface area contributed by atoms with Gasteiger partial charge in [-0.05, 0) is 32.0 Å². The van der Waals surface area contributed by atoms with Crippen LogP contribution in [0.4, 0.5) is 5.69 Å². The summed E-state index contributed by atoms with van der Waals surface area (Å²) in [4.78, 5) is 31.4. The predicted octanol–water partition coefficient (Wildman–Crippen LogP) is 1.81. The molecule has 1 N–H and O–H groups in total. The summed E-state index contributed by atoms with van der Waals surface area (Å²) in [7, 11) is 2.15. The Labute approximate surface area is 161 Å². The third-order valence-electron chi connectivity index (χ3n) is 5.86. The zero-order chi connectivity index (χ0) is 19.3. The molecule has 0 radical (unpaired) electrons. The maximum absolute atomic E-state index is 12.5. The van der Waals surface area contributed by atoms with Crippen molar-refractivity contribution in [3.8, 4) is 0 Å². The summed E-state index contributed by atoms with van der Waals surface area (Å²) in [6.07, 6.45) is 4.12. The van der Waals surface area contributed by atoms with Crippen LogP contribution in [0.15, 0.2) is 43.0 Å². The minimum atomic E-state index is -0.0448.